The van der Waals surface area contributed by atoms with Crippen LogP contribution in [0.3, 0.4) is 0 Å². The van der Waals surface area contributed by atoms with Gasteiger partial charge in [0.2, 0.25) is 0 Å². The monoisotopic (exact) mass is 202 g/mol. The van der Waals surface area contributed by atoms with Crippen LogP contribution >= 0.6 is 0 Å². The number of aromatic amines is 1. The average Bonchev–Trinajstić information content (AvgIpc) is 2.82. The zero-order valence-electron chi connectivity index (χ0n) is 8.48. The summed E-state index contributed by atoms with van der Waals surface area (Å²) in [4.78, 5) is 7.52. The van der Waals surface area contributed by atoms with Crippen LogP contribution in [0.4, 0.5) is 0 Å². The van der Waals surface area contributed by atoms with Gasteiger partial charge in [-0.1, -0.05) is 0 Å². The Kier molecular flexibility index (Phi) is 1.89. The lowest BCUT2D eigenvalue weighted by molar-refractivity contribution is 0.461. The van der Waals surface area contributed by atoms with Gasteiger partial charge < -0.3 is 15.3 Å². The molecular weight excluding hydrogens is 188 g/mol. The number of nitrogens with two attached hydrogens (primary N) is 1. The Morgan fingerprint density at radius 1 is 1.53 bits per heavy atom. The number of fused-ring (bicyclic) bond motifs is 1. The fraction of sp³-hybridized carbons (Fsp3) is 0.364. The summed E-state index contributed by atoms with van der Waals surface area (Å²) in [5.41, 5.74) is 9.50. The van der Waals surface area contributed by atoms with E-state index in [9.17, 15) is 0 Å². The predicted octanol–water partition coefficient (Wildman–Crippen LogP) is 1.15. The molecule has 0 radical (unpaired) electrons. The molecule has 0 fully saturated rings. The number of imidazole rings is 1. The minimum absolute atomic E-state index is 0.283. The molecular formula is C11H14N4. The van der Waals surface area contributed by atoms with Crippen molar-refractivity contribution in [1.29, 1.82) is 0 Å². The summed E-state index contributed by atoms with van der Waals surface area (Å²) < 4.78 is 2.18. The van der Waals surface area contributed by atoms with Gasteiger partial charge in [-0.15, -0.1) is 0 Å². The number of H-pyrrole nitrogens is 1. The summed E-state index contributed by atoms with van der Waals surface area (Å²) in [7, 11) is 0. The third-order valence-corrected chi connectivity index (χ3v) is 3.00. The van der Waals surface area contributed by atoms with Crippen molar-refractivity contribution in [1.82, 2.24) is 14.5 Å². The van der Waals surface area contributed by atoms with Crippen LogP contribution in [0, 0.1) is 0 Å². The van der Waals surface area contributed by atoms with Crippen molar-refractivity contribution in [3.63, 3.8) is 0 Å². The van der Waals surface area contributed by atoms with E-state index in [1.54, 1.807) is 0 Å². The lowest BCUT2D eigenvalue weighted by Crippen LogP contribution is -2.31. The van der Waals surface area contributed by atoms with Crippen molar-refractivity contribution in [2.24, 2.45) is 5.73 Å². The largest absolute Gasteiger partial charge is 0.367 e. The summed E-state index contributed by atoms with van der Waals surface area (Å²) in [6.07, 6.45) is 7.90. The second-order valence-electron chi connectivity index (χ2n) is 4.09. The molecule has 3 rings (SSSR count). The quantitative estimate of drug-likeness (QED) is 0.728. The first-order chi connectivity index (χ1) is 7.34. The van der Waals surface area contributed by atoms with Crippen LogP contribution in [0.2, 0.25) is 0 Å². The molecule has 1 aliphatic heterocycles. The van der Waals surface area contributed by atoms with Crippen molar-refractivity contribution >= 4 is 0 Å². The predicted molar refractivity (Wildman–Crippen MR) is 58.3 cm³/mol. The maximum absolute atomic E-state index is 5.92. The molecule has 0 saturated carbocycles. The normalized spacial score (nSPS) is 20.2. The van der Waals surface area contributed by atoms with E-state index in [-0.39, 0.29) is 6.04 Å². The van der Waals surface area contributed by atoms with Gasteiger partial charge in [0.15, 0.2) is 0 Å². The molecule has 0 saturated heterocycles. The molecule has 15 heavy (non-hydrogen) atoms. The summed E-state index contributed by atoms with van der Waals surface area (Å²) in [5, 5.41) is 0. The Balaban J connectivity index is 2.05. The lowest BCUT2D eigenvalue weighted by Gasteiger charge is -2.21. The SMILES string of the molecule is NC1CCc2c(-c3cc[nH]c3)ncn2C1. The Labute approximate surface area is 88.1 Å². The van der Waals surface area contributed by atoms with Gasteiger partial charge >= 0.3 is 0 Å². The molecule has 0 amide bonds. The van der Waals surface area contributed by atoms with E-state index in [2.05, 4.69) is 20.6 Å². The van der Waals surface area contributed by atoms with E-state index in [0.29, 0.717) is 0 Å². The number of aromatic nitrogens is 3. The van der Waals surface area contributed by atoms with Crippen LogP contribution in [0.1, 0.15) is 12.1 Å². The molecule has 3 heterocycles. The van der Waals surface area contributed by atoms with Gasteiger partial charge in [-0.05, 0) is 18.9 Å². The fourth-order valence-corrected chi connectivity index (χ4v) is 2.21. The van der Waals surface area contributed by atoms with E-state index in [1.807, 2.05) is 18.7 Å². The van der Waals surface area contributed by atoms with Gasteiger partial charge in [0.1, 0.15) is 0 Å². The first-order valence-corrected chi connectivity index (χ1v) is 5.27. The van der Waals surface area contributed by atoms with Crippen LogP contribution in [-0.2, 0) is 13.0 Å². The van der Waals surface area contributed by atoms with Gasteiger partial charge in [0, 0.05) is 36.2 Å². The number of hydrogen-bond donors (Lipinski definition) is 2. The van der Waals surface area contributed by atoms with Crippen molar-refractivity contribution in [3.8, 4) is 11.3 Å². The van der Waals surface area contributed by atoms with E-state index in [1.165, 1.54) is 11.3 Å². The van der Waals surface area contributed by atoms with E-state index in [0.717, 1.165) is 25.1 Å². The molecule has 78 valence electrons. The molecule has 1 unspecified atom stereocenters. The molecule has 3 N–H and O–H groups in total. The van der Waals surface area contributed by atoms with E-state index in [4.69, 9.17) is 5.73 Å². The second-order valence-corrected chi connectivity index (χ2v) is 4.09. The van der Waals surface area contributed by atoms with Crippen LogP contribution in [-0.4, -0.2) is 20.6 Å². The molecule has 1 atom stereocenters. The van der Waals surface area contributed by atoms with Gasteiger partial charge in [0.05, 0.1) is 12.0 Å². The number of nitrogens with one attached hydrogen (secondary N) is 1. The highest BCUT2D eigenvalue weighted by atomic mass is 15.1. The van der Waals surface area contributed by atoms with E-state index < -0.39 is 0 Å². The van der Waals surface area contributed by atoms with Crippen molar-refractivity contribution in [3.05, 3.63) is 30.5 Å². The van der Waals surface area contributed by atoms with Gasteiger partial charge in [-0.25, -0.2) is 4.98 Å². The fourth-order valence-electron chi connectivity index (χ4n) is 2.21. The summed E-state index contributed by atoms with van der Waals surface area (Å²) in [6, 6.07) is 2.34. The van der Waals surface area contributed by atoms with Crippen LogP contribution < -0.4 is 5.73 Å². The molecule has 2 aromatic rings. The number of rotatable bonds is 1. The maximum Gasteiger partial charge on any atom is 0.0956 e. The molecule has 0 aliphatic carbocycles. The molecule has 1 aliphatic rings. The lowest BCUT2D eigenvalue weighted by atomic mass is 10.0. The van der Waals surface area contributed by atoms with Gasteiger partial charge in [-0.2, -0.15) is 0 Å². The minimum atomic E-state index is 0.283. The topological polar surface area (TPSA) is 59.6 Å². The molecule has 2 aromatic heterocycles. The van der Waals surface area contributed by atoms with Crippen molar-refractivity contribution in [2.75, 3.05) is 0 Å². The maximum atomic E-state index is 5.92. The van der Waals surface area contributed by atoms with Crippen LogP contribution in [0.15, 0.2) is 24.8 Å². The summed E-state index contributed by atoms with van der Waals surface area (Å²) in [5.74, 6) is 0. The Hall–Kier alpha value is -1.55. The molecule has 0 aromatic carbocycles. The first-order valence-electron chi connectivity index (χ1n) is 5.27. The summed E-state index contributed by atoms with van der Waals surface area (Å²) in [6.45, 7) is 0.896. The molecule has 4 nitrogen and oxygen atoms in total. The third kappa shape index (κ3) is 1.37. The highest BCUT2D eigenvalue weighted by Gasteiger charge is 2.19. The average molecular weight is 202 g/mol. The Bertz CT molecular complexity index is 455. The molecule has 4 heteroatoms. The zero-order valence-corrected chi connectivity index (χ0v) is 8.48. The smallest absolute Gasteiger partial charge is 0.0956 e. The highest BCUT2D eigenvalue weighted by Crippen LogP contribution is 2.25. The van der Waals surface area contributed by atoms with Crippen molar-refractivity contribution in [2.45, 2.75) is 25.4 Å². The number of hydrogen-bond acceptors (Lipinski definition) is 2. The third-order valence-electron chi connectivity index (χ3n) is 3.00. The van der Waals surface area contributed by atoms with E-state index >= 15 is 0 Å². The molecule has 0 spiro atoms. The highest BCUT2D eigenvalue weighted by molar-refractivity contribution is 5.61. The van der Waals surface area contributed by atoms with Crippen LogP contribution in [0.5, 0.6) is 0 Å². The Morgan fingerprint density at radius 3 is 3.27 bits per heavy atom. The minimum Gasteiger partial charge on any atom is -0.367 e. The van der Waals surface area contributed by atoms with Gasteiger partial charge in [0.25, 0.3) is 0 Å². The van der Waals surface area contributed by atoms with Gasteiger partial charge in [-0.3, -0.25) is 0 Å². The first kappa shape index (κ1) is 8.73. The molecule has 0 bridgehead atoms. The standard InChI is InChI=1S/C11H14N4/c12-9-1-2-10-11(8-3-4-13-5-8)14-7-15(10)6-9/h3-5,7,9,13H,1-2,6,12H2. The summed E-state index contributed by atoms with van der Waals surface area (Å²) >= 11 is 0. The zero-order chi connectivity index (χ0) is 10.3. The van der Waals surface area contributed by atoms with Crippen molar-refractivity contribution < 1.29 is 0 Å². The number of nitrogens with zero attached hydrogens (tertiary/aromatic N) is 2. The second kappa shape index (κ2) is 3.24. The Morgan fingerprint density at radius 2 is 2.47 bits per heavy atom. The van der Waals surface area contributed by atoms with Crippen LogP contribution in [0.25, 0.3) is 11.3 Å².